The molecule has 0 atom stereocenters. The maximum absolute atomic E-state index is 12.8. The van der Waals surface area contributed by atoms with Gasteiger partial charge in [0.2, 0.25) is 0 Å². The van der Waals surface area contributed by atoms with Crippen LogP contribution in [-0.4, -0.2) is 16.7 Å². The Bertz CT molecular complexity index is 985. The van der Waals surface area contributed by atoms with Crippen molar-refractivity contribution in [1.29, 1.82) is 0 Å². The number of benzene rings is 2. The van der Waals surface area contributed by atoms with Gasteiger partial charge in [-0.15, -0.1) is 0 Å². The first-order valence-electron chi connectivity index (χ1n) is 7.89. The highest BCUT2D eigenvalue weighted by Gasteiger charge is 2.30. The second-order valence-electron chi connectivity index (χ2n) is 5.59. The minimum atomic E-state index is -4.40. The zero-order valence-corrected chi connectivity index (χ0v) is 15.1. The van der Waals surface area contributed by atoms with Gasteiger partial charge in [0.25, 0.3) is 5.56 Å². The van der Waals surface area contributed by atoms with Crippen LogP contribution in [0.4, 0.5) is 13.2 Å². The Morgan fingerprint density at radius 1 is 1.15 bits per heavy atom. The molecule has 0 fully saturated rings. The molecule has 0 bridgehead atoms. The van der Waals surface area contributed by atoms with Crippen molar-refractivity contribution in [3.8, 4) is 11.4 Å². The van der Waals surface area contributed by atoms with E-state index in [1.165, 1.54) is 16.8 Å². The van der Waals surface area contributed by atoms with Gasteiger partial charge in [-0.05, 0) is 35.9 Å². The molecule has 0 spiro atoms. The van der Waals surface area contributed by atoms with Gasteiger partial charge in [-0.3, -0.25) is 9.36 Å². The van der Waals surface area contributed by atoms with E-state index in [0.717, 1.165) is 23.9 Å². The first-order valence-corrected chi connectivity index (χ1v) is 8.88. The largest absolute Gasteiger partial charge is 0.497 e. The van der Waals surface area contributed by atoms with Gasteiger partial charge in [0.1, 0.15) is 5.75 Å². The molecular weight excluding hydrogens is 377 g/mol. The lowest BCUT2D eigenvalue weighted by Gasteiger charge is -2.09. The number of hydrogen-bond acceptors (Lipinski definition) is 4. The number of aromatic nitrogens is 2. The van der Waals surface area contributed by atoms with Crippen LogP contribution in [0.25, 0.3) is 5.69 Å². The molecule has 0 saturated heterocycles. The third-order valence-electron chi connectivity index (χ3n) is 3.79. The highest BCUT2D eigenvalue weighted by Crippen LogP contribution is 2.30. The van der Waals surface area contributed by atoms with Crippen molar-refractivity contribution in [2.45, 2.75) is 17.0 Å². The lowest BCUT2D eigenvalue weighted by molar-refractivity contribution is -0.137. The molecule has 1 heterocycles. The maximum Gasteiger partial charge on any atom is 0.416 e. The molecule has 3 rings (SSSR count). The van der Waals surface area contributed by atoms with E-state index >= 15 is 0 Å². The number of ether oxygens (including phenoxy) is 1. The minimum absolute atomic E-state index is 0.207. The average Bonchev–Trinajstić information content (AvgIpc) is 2.67. The van der Waals surface area contributed by atoms with Gasteiger partial charge in [0.05, 0.1) is 12.7 Å². The normalized spacial score (nSPS) is 11.4. The molecule has 0 N–H and O–H groups in total. The Hall–Kier alpha value is -2.74. The minimum Gasteiger partial charge on any atom is -0.497 e. The van der Waals surface area contributed by atoms with E-state index in [9.17, 15) is 18.0 Å². The molecule has 140 valence electrons. The molecule has 0 aliphatic carbocycles. The predicted molar refractivity (Wildman–Crippen MR) is 97.4 cm³/mol. The highest BCUT2D eigenvalue weighted by atomic mass is 32.2. The third-order valence-corrected chi connectivity index (χ3v) is 4.82. The molecule has 8 heteroatoms. The number of thioether (sulfide) groups is 1. The van der Waals surface area contributed by atoms with E-state index < -0.39 is 11.7 Å². The van der Waals surface area contributed by atoms with Gasteiger partial charge in [0, 0.05) is 23.8 Å². The summed E-state index contributed by atoms with van der Waals surface area (Å²) in [5.41, 5.74) is 0.0666. The number of alkyl halides is 3. The van der Waals surface area contributed by atoms with E-state index in [1.54, 1.807) is 43.6 Å². The zero-order chi connectivity index (χ0) is 19.4. The first kappa shape index (κ1) is 19.0. The summed E-state index contributed by atoms with van der Waals surface area (Å²) in [6, 6.07) is 12.0. The summed E-state index contributed by atoms with van der Waals surface area (Å²) in [5.74, 6) is 0.874. The van der Waals surface area contributed by atoms with Crippen LogP contribution in [0.5, 0.6) is 5.75 Å². The molecule has 4 nitrogen and oxygen atoms in total. The summed E-state index contributed by atoms with van der Waals surface area (Å²) in [5, 5.41) is 0.214. The average molecular weight is 392 g/mol. The van der Waals surface area contributed by atoms with Gasteiger partial charge in [-0.1, -0.05) is 30.0 Å². The number of halogens is 3. The van der Waals surface area contributed by atoms with Crippen molar-refractivity contribution >= 4 is 11.8 Å². The molecule has 0 aliphatic rings. The summed E-state index contributed by atoms with van der Waals surface area (Å²) in [6.45, 7) is 0. The van der Waals surface area contributed by atoms with Gasteiger partial charge in [-0.2, -0.15) is 13.2 Å². The fraction of sp³-hybridized carbons (Fsp3) is 0.158. The number of methoxy groups -OCH3 is 1. The van der Waals surface area contributed by atoms with E-state index in [1.807, 2.05) is 0 Å². The van der Waals surface area contributed by atoms with Crippen molar-refractivity contribution in [2.75, 3.05) is 7.11 Å². The fourth-order valence-corrected chi connectivity index (χ4v) is 3.27. The Labute approximate surface area is 157 Å². The summed E-state index contributed by atoms with van der Waals surface area (Å²) in [6.07, 6.45) is -1.37. The van der Waals surface area contributed by atoms with Crippen LogP contribution in [0, 0.1) is 0 Å². The molecule has 0 amide bonds. The topological polar surface area (TPSA) is 44.1 Å². The number of rotatable bonds is 5. The van der Waals surface area contributed by atoms with Crippen molar-refractivity contribution in [3.05, 3.63) is 82.4 Å². The number of nitrogens with zero attached hydrogens (tertiary/aromatic N) is 2. The lowest BCUT2D eigenvalue weighted by atomic mass is 10.1. The highest BCUT2D eigenvalue weighted by molar-refractivity contribution is 7.98. The van der Waals surface area contributed by atoms with E-state index in [0.29, 0.717) is 17.0 Å². The Balaban J connectivity index is 1.81. The number of hydrogen-bond donors (Lipinski definition) is 0. The van der Waals surface area contributed by atoms with Crippen molar-refractivity contribution in [1.82, 2.24) is 9.55 Å². The molecule has 2 aromatic carbocycles. The van der Waals surface area contributed by atoms with Gasteiger partial charge >= 0.3 is 6.18 Å². The van der Waals surface area contributed by atoms with Crippen LogP contribution in [0.1, 0.15) is 11.1 Å². The van der Waals surface area contributed by atoms with Crippen LogP contribution in [0.15, 0.2) is 70.7 Å². The predicted octanol–water partition coefficient (Wildman–Crippen LogP) is 4.55. The SMILES string of the molecule is COc1ccc(-n2ccnc(SCc3cccc(C(F)(F)F)c3)c2=O)cc1. The van der Waals surface area contributed by atoms with Gasteiger partial charge in [0.15, 0.2) is 5.03 Å². The lowest BCUT2D eigenvalue weighted by Crippen LogP contribution is -2.20. The summed E-state index contributed by atoms with van der Waals surface area (Å²) < 4.78 is 45.0. The Morgan fingerprint density at radius 3 is 2.56 bits per heavy atom. The molecule has 0 aliphatic heterocycles. The summed E-state index contributed by atoms with van der Waals surface area (Å²) in [4.78, 5) is 16.7. The van der Waals surface area contributed by atoms with Crippen molar-refractivity contribution in [2.24, 2.45) is 0 Å². The van der Waals surface area contributed by atoms with E-state index in [4.69, 9.17) is 4.74 Å². The molecular formula is C19H15F3N2O2S. The Morgan fingerprint density at radius 2 is 1.89 bits per heavy atom. The molecule has 1 aromatic heterocycles. The Kier molecular flexibility index (Phi) is 5.55. The molecule has 0 radical (unpaired) electrons. The van der Waals surface area contributed by atoms with Gasteiger partial charge < -0.3 is 4.74 Å². The maximum atomic E-state index is 12.8. The van der Waals surface area contributed by atoms with Crippen LogP contribution in [-0.2, 0) is 11.9 Å². The summed E-state index contributed by atoms with van der Waals surface area (Å²) in [7, 11) is 1.55. The van der Waals surface area contributed by atoms with Gasteiger partial charge in [-0.25, -0.2) is 4.98 Å². The van der Waals surface area contributed by atoms with Crippen LogP contribution < -0.4 is 10.3 Å². The van der Waals surface area contributed by atoms with Crippen molar-refractivity contribution < 1.29 is 17.9 Å². The molecule has 0 unspecified atom stereocenters. The zero-order valence-electron chi connectivity index (χ0n) is 14.2. The van der Waals surface area contributed by atoms with Crippen LogP contribution in [0.2, 0.25) is 0 Å². The second kappa shape index (κ2) is 7.87. The molecule has 3 aromatic rings. The summed E-state index contributed by atoms with van der Waals surface area (Å²) >= 11 is 1.10. The van der Waals surface area contributed by atoms with Crippen LogP contribution >= 0.6 is 11.8 Å². The van der Waals surface area contributed by atoms with E-state index in [2.05, 4.69) is 4.98 Å². The molecule has 27 heavy (non-hydrogen) atoms. The van der Waals surface area contributed by atoms with E-state index in [-0.39, 0.29) is 16.3 Å². The second-order valence-corrected chi connectivity index (χ2v) is 6.56. The van der Waals surface area contributed by atoms with Crippen LogP contribution in [0.3, 0.4) is 0 Å². The monoisotopic (exact) mass is 392 g/mol. The third kappa shape index (κ3) is 4.51. The fourth-order valence-electron chi connectivity index (χ4n) is 2.43. The smallest absolute Gasteiger partial charge is 0.416 e. The van der Waals surface area contributed by atoms with Crippen molar-refractivity contribution in [3.63, 3.8) is 0 Å². The molecule has 0 saturated carbocycles. The quantitative estimate of drug-likeness (QED) is 0.598. The standard InChI is InChI=1S/C19H15F3N2O2S/c1-26-16-7-5-15(6-8-16)24-10-9-23-17(18(24)25)27-12-13-3-2-4-14(11-13)19(20,21)22/h2-11H,12H2,1H3. The first-order chi connectivity index (χ1) is 12.9.